The first-order valence-corrected chi connectivity index (χ1v) is 11.5. The third-order valence-electron chi connectivity index (χ3n) is 4.99. The minimum Gasteiger partial charge on any atom is -0.459 e. The molecule has 1 heterocycles. The highest BCUT2D eigenvalue weighted by atomic mass is 16.6. The quantitative estimate of drug-likeness (QED) is 0.446. The normalized spacial score (nSPS) is 13.3. The van der Waals surface area contributed by atoms with Crippen molar-refractivity contribution in [3.63, 3.8) is 0 Å². The molecule has 0 atom stereocenters. The molecule has 0 bridgehead atoms. The highest BCUT2D eigenvalue weighted by Crippen LogP contribution is 2.26. The van der Waals surface area contributed by atoms with Gasteiger partial charge in [0.1, 0.15) is 24.3 Å². The number of benzene rings is 2. The van der Waals surface area contributed by atoms with Crippen LogP contribution in [0, 0.1) is 0 Å². The lowest BCUT2D eigenvalue weighted by Crippen LogP contribution is -2.46. The predicted octanol–water partition coefficient (Wildman–Crippen LogP) is 3.61. The van der Waals surface area contributed by atoms with E-state index in [1.165, 1.54) is 24.3 Å². The van der Waals surface area contributed by atoms with E-state index in [-0.39, 0.29) is 22.4 Å². The third-order valence-corrected chi connectivity index (χ3v) is 4.99. The van der Waals surface area contributed by atoms with E-state index in [9.17, 15) is 24.0 Å². The summed E-state index contributed by atoms with van der Waals surface area (Å²) >= 11 is 0. The Morgan fingerprint density at radius 3 is 1.81 bits per heavy atom. The first kappa shape index (κ1) is 26.6. The average molecular weight is 495 g/mol. The third kappa shape index (κ3) is 6.16. The minimum atomic E-state index is -0.820. The zero-order valence-electron chi connectivity index (χ0n) is 21.3. The number of amides is 3. The van der Waals surface area contributed by atoms with Gasteiger partial charge in [0.05, 0.1) is 22.4 Å². The zero-order valence-corrected chi connectivity index (χ0v) is 21.3. The van der Waals surface area contributed by atoms with Gasteiger partial charge in [-0.05, 0) is 65.8 Å². The Bertz CT molecular complexity index is 1190. The summed E-state index contributed by atoms with van der Waals surface area (Å²) in [6, 6.07) is 12.4. The largest absolute Gasteiger partial charge is 0.459 e. The number of hydrogen-bond acceptors (Lipinski definition) is 7. The molecule has 1 aliphatic rings. The second-order valence-corrected chi connectivity index (χ2v) is 10.3. The number of para-hydroxylation sites is 1. The number of nitrogens with zero attached hydrogens (tertiary/aromatic N) is 2. The molecule has 9 heteroatoms. The standard InChI is InChI=1S/C27H30N2O7/c1-26(2,3)35-22(31)16-28(20-14-10-9-13-19(20)25(34)36-27(4,5)6)21(30)15-29-23(32)17-11-7-8-12-18(17)24(29)33/h7-14H,15-16H2,1-6H3. The molecule has 9 nitrogen and oxygen atoms in total. The second-order valence-electron chi connectivity index (χ2n) is 10.3. The van der Waals surface area contributed by atoms with Crippen LogP contribution in [0.15, 0.2) is 48.5 Å². The van der Waals surface area contributed by atoms with Gasteiger partial charge in [0.2, 0.25) is 5.91 Å². The van der Waals surface area contributed by atoms with Crippen LogP contribution in [0.1, 0.15) is 72.6 Å². The van der Waals surface area contributed by atoms with Crippen LogP contribution in [0.4, 0.5) is 5.69 Å². The summed E-state index contributed by atoms with van der Waals surface area (Å²) in [7, 11) is 0. The van der Waals surface area contributed by atoms with E-state index in [0.717, 1.165) is 9.80 Å². The van der Waals surface area contributed by atoms with E-state index in [4.69, 9.17) is 9.47 Å². The molecule has 2 aromatic rings. The summed E-state index contributed by atoms with van der Waals surface area (Å²) in [5, 5.41) is 0. The molecule has 0 unspecified atom stereocenters. The van der Waals surface area contributed by atoms with Gasteiger partial charge in [-0.15, -0.1) is 0 Å². The fourth-order valence-corrected chi connectivity index (χ4v) is 3.63. The highest BCUT2D eigenvalue weighted by molar-refractivity contribution is 6.23. The van der Waals surface area contributed by atoms with E-state index >= 15 is 0 Å². The molecular weight excluding hydrogens is 464 g/mol. The lowest BCUT2D eigenvalue weighted by atomic mass is 10.1. The van der Waals surface area contributed by atoms with E-state index in [1.807, 2.05) is 0 Å². The van der Waals surface area contributed by atoms with Crippen LogP contribution in [-0.2, 0) is 19.1 Å². The number of esters is 2. The number of carbonyl (C=O) groups is 5. The van der Waals surface area contributed by atoms with Gasteiger partial charge >= 0.3 is 11.9 Å². The number of fused-ring (bicyclic) bond motifs is 1. The summed E-state index contributed by atoms with van der Waals surface area (Å²) in [4.78, 5) is 66.7. The molecule has 3 amide bonds. The van der Waals surface area contributed by atoms with Crippen molar-refractivity contribution in [3.05, 3.63) is 65.2 Å². The van der Waals surface area contributed by atoms with Crippen LogP contribution in [0.5, 0.6) is 0 Å². The molecule has 0 saturated heterocycles. The number of anilines is 1. The van der Waals surface area contributed by atoms with Crippen molar-refractivity contribution in [3.8, 4) is 0 Å². The van der Waals surface area contributed by atoms with Crippen LogP contribution >= 0.6 is 0 Å². The van der Waals surface area contributed by atoms with Gasteiger partial charge in [-0.2, -0.15) is 0 Å². The zero-order chi connectivity index (χ0) is 26.8. The molecule has 0 fully saturated rings. The molecular formula is C27H30N2O7. The van der Waals surface area contributed by atoms with Crippen molar-refractivity contribution in [1.82, 2.24) is 4.90 Å². The first-order chi connectivity index (χ1) is 16.7. The Kier molecular flexibility index (Phi) is 7.33. The van der Waals surface area contributed by atoms with E-state index in [1.54, 1.807) is 65.8 Å². The number of carbonyl (C=O) groups excluding carboxylic acids is 5. The number of imide groups is 1. The lowest BCUT2D eigenvalue weighted by Gasteiger charge is -2.28. The summed E-state index contributed by atoms with van der Waals surface area (Å²) in [5.41, 5.74) is -1.08. The molecule has 190 valence electrons. The molecule has 0 saturated carbocycles. The maximum Gasteiger partial charge on any atom is 0.340 e. The van der Waals surface area contributed by atoms with Gasteiger partial charge < -0.3 is 9.47 Å². The molecule has 0 spiro atoms. The second kappa shape index (κ2) is 9.93. The van der Waals surface area contributed by atoms with Gasteiger partial charge in [0.25, 0.3) is 11.8 Å². The van der Waals surface area contributed by atoms with Gasteiger partial charge in [0, 0.05) is 0 Å². The molecule has 36 heavy (non-hydrogen) atoms. The lowest BCUT2D eigenvalue weighted by molar-refractivity contribution is -0.153. The van der Waals surface area contributed by atoms with E-state index in [0.29, 0.717) is 0 Å². The van der Waals surface area contributed by atoms with Crippen molar-refractivity contribution in [2.75, 3.05) is 18.0 Å². The van der Waals surface area contributed by atoms with Crippen molar-refractivity contribution in [2.24, 2.45) is 0 Å². The fourth-order valence-electron chi connectivity index (χ4n) is 3.63. The van der Waals surface area contributed by atoms with Crippen LogP contribution in [0.25, 0.3) is 0 Å². The predicted molar refractivity (Wildman–Crippen MR) is 132 cm³/mol. The van der Waals surface area contributed by atoms with Crippen LogP contribution in [0.2, 0.25) is 0 Å². The number of hydrogen-bond donors (Lipinski definition) is 0. The summed E-state index contributed by atoms with van der Waals surface area (Å²) in [5.74, 6) is -3.38. The number of ether oxygens (including phenoxy) is 2. The van der Waals surface area contributed by atoms with Crippen LogP contribution < -0.4 is 4.90 Å². The van der Waals surface area contributed by atoms with E-state index in [2.05, 4.69) is 0 Å². The van der Waals surface area contributed by atoms with Crippen molar-refractivity contribution >= 4 is 35.3 Å². The Hall–Kier alpha value is -4.01. The smallest absolute Gasteiger partial charge is 0.340 e. The van der Waals surface area contributed by atoms with Gasteiger partial charge in [0.15, 0.2) is 0 Å². The Morgan fingerprint density at radius 1 is 0.778 bits per heavy atom. The average Bonchev–Trinajstić information content (AvgIpc) is 3.00. The molecule has 0 radical (unpaired) electrons. The van der Waals surface area contributed by atoms with Crippen LogP contribution in [-0.4, -0.2) is 58.9 Å². The fraction of sp³-hybridized carbons (Fsp3) is 0.370. The minimum absolute atomic E-state index is 0.0479. The maximum atomic E-state index is 13.5. The highest BCUT2D eigenvalue weighted by Gasteiger charge is 2.38. The van der Waals surface area contributed by atoms with Gasteiger partial charge in [-0.3, -0.25) is 29.0 Å². The van der Waals surface area contributed by atoms with Crippen molar-refractivity contribution in [2.45, 2.75) is 52.7 Å². The van der Waals surface area contributed by atoms with Gasteiger partial charge in [-0.1, -0.05) is 24.3 Å². The summed E-state index contributed by atoms with van der Waals surface area (Å²) in [6.07, 6.45) is 0. The summed E-state index contributed by atoms with van der Waals surface area (Å²) in [6.45, 7) is 9.01. The van der Waals surface area contributed by atoms with E-state index < -0.39 is 54.0 Å². The molecule has 0 aliphatic carbocycles. The topological polar surface area (TPSA) is 110 Å². The Labute approximate surface area is 210 Å². The molecule has 1 aliphatic heterocycles. The maximum absolute atomic E-state index is 13.5. The monoisotopic (exact) mass is 494 g/mol. The van der Waals surface area contributed by atoms with Crippen LogP contribution in [0.3, 0.4) is 0 Å². The Balaban J connectivity index is 1.96. The van der Waals surface area contributed by atoms with Crippen molar-refractivity contribution < 1.29 is 33.4 Å². The van der Waals surface area contributed by atoms with Crippen molar-refractivity contribution in [1.29, 1.82) is 0 Å². The first-order valence-electron chi connectivity index (χ1n) is 11.5. The molecule has 0 aromatic heterocycles. The van der Waals surface area contributed by atoms with Gasteiger partial charge in [-0.25, -0.2) is 4.79 Å². The Morgan fingerprint density at radius 2 is 1.28 bits per heavy atom. The molecule has 3 rings (SSSR count). The SMILES string of the molecule is CC(C)(C)OC(=O)CN(C(=O)CN1C(=O)c2ccccc2C1=O)c1ccccc1C(=O)OC(C)(C)C. The molecule has 2 aromatic carbocycles. The summed E-state index contributed by atoms with van der Waals surface area (Å²) < 4.78 is 10.9. The number of rotatable bonds is 6. The molecule has 0 N–H and O–H groups in total.